The van der Waals surface area contributed by atoms with Gasteiger partial charge in [0.05, 0.1) is 12.7 Å². The minimum Gasteiger partial charge on any atom is -0.494 e. The van der Waals surface area contributed by atoms with Crippen LogP contribution >= 0.6 is 0 Å². The maximum Gasteiger partial charge on any atom is 0.219 e. The highest BCUT2D eigenvalue weighted by molar-refractivity contribution is 5.73. The lowest BCUT2D eigenvalue weighted by Gasteiger charge is -2.58. The summed E-state index contributed by atoms with van der Waals surface area (Å²) in [4.78, 5) is 28.5. The third-order valence-electron chi connectivity index (χ3n) is 10.9. The van der Waals surface area contributed by atoms with Crippen molar-refractivity contribution in [3.8, 4) is 5.75 Å². The van der Waals surface area contributed by atoms with Gasteiger partial charge in [0.2, 0.25) is 11.7 Å². The highest BCUT2D eigenvalue weighted by Gasteiger charge is 2.60. The van der Waals surface area contributed by atoms with E-state index in [1.54, 1.807) is 6.92 Å². The monoisotopic (exact) mass is 554 g/mol. The molecule has 7 heteroatoms. The smallest absolute Gasteiger partial charge is 0.219 e. The topological polar surface area (TPSA) is 60.5 Å². The minimum atomic E-state index is -0.510. The first-order chi connectivity index (χ1) is 19.5. The number of hydrogen-bond acceptors (Lipinski definition) is 6. The van der Waals surface area contributed by atoms with Gasteiger partial charge in [-0.25, -0.2) is 9.78 Å². The van der Waals surface area contributed by atoms with Crippen molar-refractivity contribution in [2.24, 2.45) is 23.7 Å². The second-order valence-corrected chi connectivity index (χ2v) is 13.4. The van der Waals surface area contributed by atoms with Crippen molar-refractivity contribution in [1.29, 1.82) is 0 Å². The van der Waals surface area contributed by atoms with E-state index in [1.165, 1.54) is 37.7 Å². The van der Waals surface area contributed by atoms with Gasteiger partial charge in [-0.05, 0) is 113 Å². The van der Waals surface area contributed by atoms with Gasteiger partial charge < -0.3 is 19.3 Å². The number of carbonyl (C=O) groups is 1. The number of nitrogens with zero attached hydrogens (tertiary/aromatic N) is 2. The first-order valence-corrected chi connectivity index (χ1v) is 16.1. The fourth-order valence-corrected chi connectivity index (χ4v) is 8.80. The van der Waals surface area contributed by atoms with E-state index >= 15 is 0 Å². The van der Waals surface area contributed by atoms with Crippen LogP contribution in [-0.2, 0) is 19.3 Å². The van der Waals surface area contributed by atoms with Crippen molar-refractivity contribution in [3.63, 3.8) is 0 Å². The molecule has 40 heavy (non-hydrogen) atoms. The van der Waals surface area contributed by atoms with Crippen LogP contribution in [0.5, 0.6) is 5.75 Å². The third kappa shape index (κ3) is 6.23. The molecule has 1 aromatic rings. The molecule has 5 aliphatic carbocycles. The summed E-state index contributed by atoms with van der Waals surface area (Å²) in [6, 6.07) is 8.76. The second kappa shape index (κ2) is 12.7. The Morgan fingerprint density at radius 3 is 2.25 bits per heavy atom. The summed E-state index contributed by atoms with van der Waals surface area (Å²) in [6.07, 6.45) is 12.9. The summed E-state index contributed by atoms with van der Waals surface area (Å²) in [7, 11) is 1.83. The summed E-state index contributed by atoms with van der Waals surface area (Å²) in [5, 5.41) is 0. The van der Waals surface area contributed by atoms with Gasteiger partial charge in [0.15, 0.2) is 0 Å². The van der Waals surface area contributed by atoms with Gasteiger partial charge in [-0.3, -0.25) is 4.79 Å². The number of methoxy groups -OCH3 is 1. The number of amides is 1. The molecular formula is C33H50N2O5. The van der Waals surface area contributed by atoms with Crippen molar-refractivity contribution in [2.45, 2.75) is 95.4 Å². The Balaban J connectivity index is 0.900. The molecule has 4 bridgehead atoms. The Hall–Kier alpha value is -1.67. The van der Waals surface area contributed by atoms with Gasteiger partial charge in [0.25, 0.3) is 0 Å². The SMILES string of the molecule is COC1(OOC2CCC(c3ccc(OCCCN4CCCN(C(C)=O)CC4)cc3)CC2)C2CC3CC(C2)CC1C3. The Morgan fingerprint density at radius 2 is 1.60 bits per heavy atom. The predicted octanol–water partition coefficient (Wildman–Crippen LogP) is 5.78. The van der Waals surface area contributed by atoms with Gasteiger partial charge in [-0.1, -0.05) is 12.1 Å². The first kappa shape index (κ1) is 28.4. The molecule has 222 valence electrons. The van der Waals surface area contributed by atoms with Crippen LogP contribution in [0.2, 0.25) is 0 Å². The highest BCUT2D eigenvalue weighted by atomic mass is 17.2. The van der Waals surface area contributed by atoms with E-state index in [-0.39, 0.29) is 12.0 Å². The molecule has 1 saturated heterocycles. The van der Waals surface area contributed by atoms with E-state index in [4.69, 9.17) is 19.2 Å². The van der Waals surface area contributed by atoms with Crippen molar-refractivity contribution >= 4 is 5.91 Å². The maximum atomic E-state index is 11.6. The number of rotatable bonds is 10. The number of hydrogen-bond donors (Lipinski definition) is 0. The minimum absolute atomic E-state index is 0.165. The van der Waals surface area contributed by atoms with Crippen LogP contribution in [0.4, 0.5) is 0 Å². The van der Waals surface area contributed by atoms with Gasteiger partial charge in [0, 0.05) is 52.0 Å². The zero-order chi connectivity index (χ0) is 27.5. The summed E-state index contributed by atoms with van der Waals surface area (Å²) >= 11 is 0. The van der Waals surface area contributed by atoms with Crippen LogP contribution in [0.3, 0.4) is 0 Å². The van der Waals surface area contributed by atoms with Crippen LogP contribution in [-0.4, -0.2) is 74.0 Å². The van der Waals surface area contributed by atoms with E-state index in [0.29, 0.717) is 17.8 Å². The van der Waals surface area contributed by atoms with Crippen molar-refractivity contribution < 1.29 is 24.0 Å². The molecule has 7 rings (SSSR count). The average Bonchev–Trinajstić information content (AvgIpc) is 3.22. The molecule has 1 aliphatic heterocycles. The van der Waals surface area contributed by atoms with Gasteiger partial charge in [-0.15, -0.1) is 0 Å². The number of benzene rings is 1. The van der Waals surface area contributed by atoms with E-state index in [0.717, 1.165) is 95.4 Å². The molecule has 0 N–H and O–H groups in total. The molecule has 0 radical (unpaired) electrons. The van der Waals surface area contributed by atoms with Crippen LogP contribution in [0.1, 0.15) is 89.0 Å². The molecule has 6 fully saturated rings. The van der Waals surface area contributed by atoms with E-state index in [9.17, 15) is 4.79 Å². The Kier molecular flexibility index (Phi) is 9.02. The largest absolute Gasteiger partial charge is 0.494 e. The van der Waals surface area contributed by atoms with Crippen molar-refractivity contribution in [2.75, 3.05) is 46.4 Å². The normalized spacial score (nSPS) is 36.0. The summed E-state index contributed by atoms with van der Waals surface area (Å²) in [5.41, 5.74) is 1.40. The zero-order valence-electron chi connectivity index (χ0n) is 24.7. The van der Waals surface area contributed by atoms with E-state index < -0.39 is 5.79 Å². The Bertz CT molecular complexity index is 948. The molecular weight excluding hydrogens is 504 g/mol. The fraction of sp³-hybridized carbons (Fsp3) is 0.788. The molecule has 0 aromatic heterocycles. The molecule has 7 nitrogen and oxygen atoms in total. The van der Waals surface area contributed by atoms with Crippen LogP contribution in [0.25, 0.3) is 0 Å². The molecule has 1 heterocycles. The molecule has 5 saturated carbocycles. The Morgan fingerprint density at radius 1 is 0.900 bits per heavy atom. The van der Waals surface area contributed by atoms with Crippen LogP contribution in [0.15, 0.2) is 24.3 Å². The maximum absolute atomic E-state index is 11.6. The molecule has 0 atom stereocenters. The number of ether oxygens (including phenoxy) is 2. The number of carbonyl (C=O) groups excluding carboxylic acids is 1. The Labute approximate surface area is 240 Å². The molecule has 1 aromatic carbocycles. The lowest BCUT2D eigenvalue weighted by Crippen LogP contribution is -2.60. The molecule has 0 spiro atoms. The van der Waals surface area contributed by atoms with Crippen molar-refractivity contribution in [1.82, 2.24) is 9.80 Å². The standard InChI is InChI=1S/C33H50N2O5/c1-24(36)35-15-3-13-34(16-17-35)14-4-18-38-31-9-5-27(6-10-31)28-7-11-32(12-8-28)39-40-33(37-2)29-20-25-19-26(22-29)23-30(33)21-25/h5-6,9-10,25-26,28-30,32H,3-4,7-8,11-23H2,1-2H3. The van der Waals surface area contributed by atoms with Gasteiger partial charge in [-0.2, -0.15) is 0 Å². The van der Waals surface area contributed by atoms with Crippen molar-refractivity contribution in [3.05, 3.63) is 29.8 Å². The fourth-order valence-electron chi connectivity index (χ4n) is 8.80. The second-order valence-electron chi connectivity index (χ2n) is 13.4. The lowest BCUT2D eigenvalue weighted by atomic mass is 9.53. The molecule has 1 amide bonds. The highest BCUT2D eigenvalue weighted by Crippen LogP contribution is 2.60. The lowest BCUT2D eigenvalue weighted by molar-refractivity contribution is -0.485. The summed E-state index contributed by atoms with van der Waals surface area (Å²) in [6.45, 7) is 7.16. The first-order valence-electron chi connectivity index (χ1n) is 16.1. The third-order valence-corrected chi connectivity index (χ3v) is 10.9. The predicted molar refractivity (Wildman–Crippen MR) is 154 cm³/mol. The zero-order valence-corrected chi connectivity index (χ0v) is 24.7. The van der Waals surface area contributed by atoms with Gasteiger partial charge in [0.1, 0.15) is 5.75 Å². The summed E-state index contributed by atoms with van der Waals surface area (Å²) < 4.78 is 12.2. The van der Waals surface area contributed by atoms with E-state index in [2.05, 4.69) is 29.2 Å². The molecule has 6 aliphatic rings. The van der Waals surface area contributed by atoms with Gasteiger partial charge >= 0.3 is 0 Å². The summed E-state index contributed by atoms with van der Waals surface area (Å²) in [5.74, 6) is 3.97. The van der Waals surface area contributed by atoms with E-state index in [1.807, 2.05) is 12.0 Å². The van der Waals surface area contributed by atoms with Crippen LogP contribution in [0, 0.1) is 23.7 Å². The average molecular weight is 555 g/mol. The molecule has 0 unspecified atom stereocenters. The quantitative estimate of drug-likeness (QED) is 0.158. The van der Waals surface area contributed by atoms with Crippen LogP contribution < -0.4 is 4.74 Å².